The van der Waals surface area contributed by atoms with E-state index in [0.29, 0.717) is 23.5 Å². The monoisotopic (exact) mass is 429 g/mol. The highest BCUT2D eigenvalue weighted by molar-refractivity contribution is 7.47. The van der Waals surface area contributed by atoms with Gasteiger partial charge in [-0.25, -0.2) is 4.98 Å². The molecule has 3 N–H and O–H groups in total. The Morgan fingerprint density at radius 1 is 1.38 bits per heavy atom. The van der Waals surface area contributed by atoms with Crippen molar-refractivity contribution >= 4 is 25.5 Å². The molecule has 0 spiro atoms. The summed E-state index contributed by atoms with van der Waals surface area (Å²) in [5, 5.41) is 0. The molecule has 29 heavy (non-hydrogen) atoms. The van der Waals surface area contributed by atoms with Crippen LogP contribution in [-0.2, 0) is 28.6 Å². The number of ether oxygens (including phenoxy) is 1. The summed E-state index contributed by atoms with van der Waals surface area (Å²) in [6.07, 6.45) is -2.82. The van der Waals surface area contributed by atoms with Gasteiger partial charge < -0.3 is 24.1 Å². The van der Waals surface area contributed by atoms with Gasteiger partial charge in [-0.1, -0.05) is 0 Å². The minimum absolute atomic E-state index is 0.00928. The molecule has 9 nitrogen and oxygen atoms in total. The SMILES string of the molecule is Nc1nc2c(ncn2CCOCP2OCc3cc(C(F)(F)F)ccc3O2)c(=O)[nH]1. The maximum absolute atomic E-state index is 12.8. The van der Waals surface area contributed by atoms with E-state index in [4.69, 9.17) is 19.5 Å². The topological polar surface area (TPSA) is 117 Å². The van der Waals surface area contributed by atoms with Crippen molar-refractivity contribution in [2.45, 2.75) is 19.3 Å². The third kappa shape index (κ3) is 4.19. The molecule has 0 aliphatic carbocycles. The Morgan fingerprint density at radius 2 is 2.21 bits per heavy atom. The van der Waals surface area contributed by atoms with E-state index in [2.05, 4.69) is 15.0 Å². The van der Waals surface area contributed by atoms with Crippen molar-refractivity contribution in [1.29, 1.82) is 0 Å². The van der Waals surface area contributed by atoms with Gasteiger partial charge >= 0.3 is 6.18 Å². The van der Waals surface area contributed by atoms with Crippen molar-refractivity contribution in [3.63, 3.8) is 0 Å². The van der Waals surface area contributed by atoms with E-state index >= 15 is 0 Å². The zero-order chi connectivity index (χ0) is 20.6. The van der Waals surface area contributed by atoms with E-state index in [0.717, 1.165) is 12.1 Å². The minimum atomic E-state index is -4.41. The Balaban J connectivity index is 1.32. The summed E-state index contributed by atoms with van der Waals surface area (Å²) in [5.41, 5.74) is 5.25. The van der Waals surface area contributed by atoms with Crippen LogP contribution in [-0.4, -0.2) is 32.5 Å². The molecule has 0 fully saturated rings. The van der Waals surface area contributed by atoms with Gasteiger partial charge in [0.25, 0.3) is 13.9 Å². The van der Waals surface area contributed by atoms with Gasteiger partial charge in [0, 0.05) is 12.1 Å². The Morgan fingerprint density at radius 3 is 3.00 bits per heavy atom. The smallest absolute Gasteiger partial charge is 0.416 e. The van der Waals surface area contributed by atoms with E-state index in [1.165, 1.54) is 12.4 Å². The fourth-order valence-corrected chi connectivity index (χ4v) is 3.87. The Bertz CT molecular complexity index is 1100. The maximum Gasteiger partial charge on any atom is 0.416 e. The van der Waals surface area contributed by atoms with Crippen molar-refractivity contribution in [1.82, 2.24) is 19.5 Å². The average molecular weight is 429 g/mol. The molecule has 1 aliphatic rings. The van der Waals surface area contributed by atoms with Crippen molar-refractivity contribution < 1.29 is 27.0 Å². The third-order valence-corrected chi connectivity index (χ3v) is 5.33. The number of aromatic amines is 1. The summed E-state index contributed by atoms with van der Waals surface area (Å²) in [5.74, 6) is 0.350. The van der Waals surface area contributed by atoms with E-state index in [1.807, 2.05) is 0 Å². The predicted molar refractivity (Wildman–Crippen MR) is 97.2 cm³/mol. The number of alkyl halides is 3. The second-order valence-corrected chi connectivity index (χ2v) is 7.48. The largest absolute Gasteiger partial charge is 0.445 e. The van der Waals surface area contributed by atoms with Crippen LogP contribution in [0.1, 0.15) is 11.1 Å². The van der Waals surface area contributed by atoms with Crippen LogP contribution in [0.25, 0.3) is 11.2 Å². The highest BCUT2D eigenvalue weighted by Gasteiger charge is 2.32. The summed E-state index contributed by atoms with van der Waals surface area (Å²) >= 11 is 0. The molecule has 3 aromatic rings. The number of benzene rings is 1. The molecular formula is C16H15F3N5O4P. The number of anilines is 1. The van der Waals surface area contributed by atoms with Gasteiger partial charge in [0.05, 0.1) is 25.1 Å². The minimum Gasteiger partial charge on any atom is -0.445 e. The number of imidazole rings is 1. The number of hydrogen-bond acceptors (Lipinski definition) is 7. The van der Waals surface area contributed by atoms with E-state index < -0.39 is 25.7 Å². The highest BCUT2D eigenvalue weighted by atomic mass is 31.2. The number of rotatable bonds is 5. The first-order chi connectivity index (χ1) is 13.8. The second kappa shape index (κ2) is 7.62. The lowest BCUT2D eigenvalue weighted by molar-refractivity contribution is -0.137. The van der Waals surface area contributed by atoms with Crippen LogP contribution in [0.5, 0.6) is 5.75 Å². The number of H-pyrrole nitrogens is 1. The predicted octanol–water partition coefficient (Wildman–Crippen LogP) is 2.62. The van der Waals surface area contributed by atoms with Crippen LogP contribution in [0.3, 0.4) is 0 Å². The summed E-state index contributed by atoms with van der Waals surface area (Å²) in [7, 11) is -1.43. The molecule has 1 aliphatic heterocycles. The molecule has 0 saturated heterocycles. The molecule has 3 heterocycles. The molecule has 1 unspecified atom stereocenters. The van der Waals surface area contributed by atoms with Crippen LogP contribution < -0.4 is 15.8 Å². The lowest BCUT2D eigenvalue weighted by atomic mass is 10.1. The zero-order valence-electron chi connectivity index (χ0n) is 14.8. The van der Waals surface area contributed by atoms with Crippen molar-refractivity contribution in [2.75, 3.05) is 18.7 Å². The molecule has 1 atom stereocenters. The summed E-state index contributed by atoms with van der Waals surface area (Å²) in [4.78, 5) is 22.2. The highest BCUT2D eigenvalue weighted by Crippen LogP contribution is 2.47. The van der Waals surface area contributed by atoms with Crippen LogP contribution in [0.15, 0.2) is 29.3 Å². The van der Waals surface area contributed by atoms with Crippen LogP contribution in [0.4, 0.5) is 19.1 Å². The normalized spacial score (nSPS) is 16.6. The second-order valence-electron chi connectivity index (χ2n) is 6.12. The molecule has 0 amide bonds. The lowest BCUT2D eigenvalue weighted by Crippen LogP contribution is -2.14. The molecule has 4 rings (SSSR count). The Kier molecular flexibility index (Phi) is 5.15. The first-order valence-corrected chi connectivity index (χ1v) is 9.74. The third-order valence-electron chi connectivity index (χ3n) is 4.12. The van der Waals surface area contributed by atoms with Gasteiger partial charge in [0.15, 0.2) is 11.2 Å². The van der Waals surface area contributed by atoms with Gasteiger partial charge in [0.2, 0.25) is 5.95 Å². The fourth-order valence-electron chi connectivity index (χ4n) is 2.74. The summed E-state index contributed by atoms with van der Waals surface area (Å²) < 4.78 is 56.5. The van der Waals surface area contributed by atoms with E-state index in [-0.39, 0.29) is 31.0 Å². The number of nitrogens with two attached hydrogens (primary N) is 1. The number of hydrogen-bond donors (Lipinski definition) is 2. The molecule has 2 aromatic heterocycles. The molecular weight excluding hydrogens is 414 g/mol. The van der Waals surface area contributed by atoms with Gasteiger partial charge in [-0.05, 0) is 18.2 Å². The zero-order valence-corrected chi connectivity index (χ0v) is 15.7. The van der Waals surface area contributed by atoms with Crippen molar-refractivity contribution in [3.8, 4) is 5.75 Å². The lowest BCUT2D eigenvalue weighted by Gasteiger charge is -2.25. The van der Waals surface area contributed by atoms with E-state index in [9.17, 15) is 18.0 Å². The van der Waals surface area contributed by atoms with Gasteiger partial charge in [-0.15, -0.1) is 0 Å². The fraction of sp³-hybridized carbons (Fsp3) is 0.312. The van der Waals surface area contributed by atoms with Crippen molar-refractivity contribution in [3.05, 3.63) is 46.0 Å². The van der Waals surface area contributed by atoms with Crippen LogP contribution in [0.2, 0.25) is 0 Å². The van der Waals surface area contributed by atoms with Gasteiger partial charge in [-0.2, -0.15) is 18.2 Å². The first-order valence-electron chi connectivity index (χ1n) is 8.38. The van der Waals surface area contributed by atoms with Gasteiger partial charge in [-0.3, -0.25) is 9.78 Å². The van der Waals surface area contributed by atoms with E-state index in [1.54, 1.807) is 4.57 Å². The summed E-state index contributed by atoms with van der Waals surface area (Å²) in [6, 6.07) is 3.29. The molecule has 0 saturated carbocycles. The molecule has 13 heteroatoms. The van der Waals surface area contributed by atoms with Crippen LogP contribution in [0, 0.1) is 0 Å². The number of nitrogens with zero attached hydrogens (tertiary/aromatic N) is 3. The average Bonchev–Trinajstić information content (AvgIpc) is 3.07. The Labute approximate surface area is 162 Å². The first kappa shape index (κ1) is 19.6. The number of aromatic nitrogens is 4. The molecule has 154 valence electrons. The summed E-state index contributed by atoms with van der Waals surface area (Å²) in [6.45, 7) is 0.638. The number of nitrogens with one attached hydrogen (secondary N) is 1. The van der Waals surface area contributed by atoms with Gasteiger partial charge in [0.1, 0.15) is 12.1 Å². The molecule has 0 bridgehead atoms. The number of halogens is 3. The Hall–Kier alpha value is -2.69. The standard InChI is InChI=1S/C16H15F3N5O4P/c17-16(18,19)10-1-2-11-9(5-10)6-27-29(28-11)8-26-4-3-24-7-21-12-13(24)22-15(20)23-14(12)25/h1-2,5,7H,3-4,6,8H2,(H3,20,22,23,25). The quantitative estimate of drug-likeness (QED) is 0.473. The van der Waals surface area contributed by atoms with Crippen molar-refractivity contribution in [2.24, 2.45) is 0 Å². The molecule has 0 radical (unpaired) electrons. The number of fused-ring (bicyclic) bond motifs is 2. The maximum atomic E-state index is 12.8. The van der Waals surface area contributed by atoms with Crippen LogP contribution >= 0.6 is 8.38 Å². The number of nitrogen functional groups attached to an aromatic ring is 1. The molecule has 1 aromatic carbocycles.